The van der Waals surface area contributed by atoms with Crippen molar-refractivity contribution < 1.29 is 32.8 Å². The molecule has 180 valence electrons. The van der Waals surface area contributed by atoms with E-state index in [0.717, 1.165) is 28.5 Å². The Bertz CT molecular complexity index is 944. The number of hydrogen-bond donors (Lipinski definition) is 2. The molecule has 2 N–H and O–H groups in total. The third-order valence-electron chi connectivity index (χ3n) is 4.92. The standard InChI is InChI=1S/C23H30NO7PS/c1-4-29-32(27,30-5-2)31-20(18-10-6-16(3)7-11-18)15-28-19-12-8-17(9-13-19)14-21-22(25)24-23(26)33-21/h6-13,20-22,25H,4-5,14-15H2,1-3H3,(H,24,26). The molecule has 2 aromatic carbocycles. The lowest BCUT2D eigenvalue weighted by Gasteiger charge is -2.24. The number of hydrogen-bond acceptors (Lipinski definition) is 8. The van der Waals surface area contributed by atoms with Gasteiger partial charge in [0.05, 0.1) is 18.5 Å². The van der Waals surface area contributed by atoms with Gasteiger partial charge in [0.25, 0.3) is 5.24 Å². The molecule has 0 radical (unpaired) electrons. The molecule has 33 heavy (non-hydrogen) atoms. The van der Waals surface area contributed by atoms with Crippen LogP contribution in [0.15, 0.2) is 48.5 Å². The van der Waals surface area contributed by atoms with Crippen LogP contribution < -0.4 is 10.1 Å². The van der Waals surface area contributed by atoms with Gasteiger partial charge in [-0.15, -0.1) is 0 Å². The van der Waals surface area contributed by atoms with Gasteiger partial charge >= 0.3 is 7.82 Å². The van der Waals surface area contributed by atoms with E-state index in [4.69, 9.17) is 18.3 Å². The maximum absolute atomic E-state index is 13.0. The number of aryl methyl sites for hydroxylation is 1. The Morgan fingerprint density at radius 3 is 2.24 bits per heavy atom. The Balaban J connectivity index is 1.67. The normalized spacial score (nSPS) is 19.3. The predicted octanol–water partition coefficient (Wildman–Crippen LogP) is 5.00. The van der Waals surface area contributed by atoms with E-state index in [1.54, 1.807) is 13.8 Å². The molecule has 10 heteroatoms. The second-order valence-corrected chi connectivity index (χ2v) is 10.3. The van der Waals surface area contributed by atoms with Crippen molar-refractivity contribution in [2.24, 2.45) is 0 Å². The number of rotatable bonds is 12. The van der Waals surface area contributed by atoms with E-state index >= 15 is 0 Å². The summed E-state index contributed by atoms with van der Waals surface area (Å²) in [5.41, 5.74) is 2.86. The molecule has 3 atom stereocenters. The highest BCUT2D eigenvalue weighted by molar-refractivity contribution is 8.14. The summed E-state index contributed by atoms with van der Waals surface area (Å²) in [6.45, 7) is 5.91. The minimum absolute atomic E-state index is 0.0994. The number of amides is 1. The molecular weight excluding hydrogens is 465 g/mol. The fourth-order valence-corrected chi connectivity index (χ4v) is 5.53. The van der Waals surface area contributed by atoms with E-state index in [-0.39, 0.29) is 30.3 Å². The number of benzene rings is 2. The molecule has 0 bridgehead atoms. The predicted molar refractivity (Wildman–Crippen MR) is 127 cm³/mol. The SMILES string of the molecule is CCOP(=O)(OCC)OC(COc1ccc(CC2SC(=O)NC2O)cc1)c1ccc(C)cc1. The quantitative estimate of drug-likeness (QED) is 0.397. The molecule has 1 saturated heterocycles. The highest BCUT2D eigenvalue weighted by Gasteiger charge is 2.32. The van der Waals surface area contributed by atoms with Crippen LogP contribution in [0.25, 0.3) is 0 Å². The number of carbonyl (C=O) groups is 1. The second-order valence-electron chi connectivity index (χ2n) is 7.48. The van der Waals surface area contributed by atoms with Gasteiger partial charge in [-0.2, -0.15) is 0 Å². The molecule has 3 rings (SSSR count). The number of nitrogens with one attached hydrogen (secondary N) is 1. The Morgan fingerprint density at radius 1 is 1.06 bits per heavy atom. The lowest BCUT2D eigenvalue weighted by atomic mass is 10.1. The van der Waals surface area contributed by atoms with Crippen LogP contribution >= 0.6 is 19.6 Å². The number of thioether (sulfide) groups is 1. The molecule has 0 saturated carbocycles. The molecule has 1 aliphatic heterocycles. The summed E-state index contributed by atoms with van der Waals surface area (Å²) in [4.78, 5) is 11.4. The topological polar surface area (TPSA) is 103 Å². The summed E-state index contributed by atoms with van der Waals surface area (Å²) >= 11 is 1.10. The number of phosphoric acid groups is 1. The summed E-state index contributed by atoms with van der Waals surface area (Å²) in [6.07, 6.45) is -0.972. The molecular formula is C23H30NO7PS. The minimum Gasteiger partial charge on any atom is -0.491 e. The largest absolute Gasteiger partial charge is 0.491 e. The maximum atomic E-state index is 13.0. The van der Waals surface area contributed by atoms with Crippen LogP contribution in [-0.4, -0.2) is 41.6 Å². The number of ether oxygens (including phenoxy) is 1. The Hall–Kier alpha value is -1.87. The summed E-state index contributed by atoms with van der Waals surface area (Å²) in [7, 11) is -3.75. The molecule has 0 aliphatic carbocycles. The third-order valence-corrected chi connectivity index (χ3v) is 7.64. The first kappa shape index (κ1) is 25.7. The van der Waals surface area contributed by atoms with Crippen LogP contribution in [0.3, 0.4) is 0 Å². The molecule has 1 aliphatic rings. The Morgan fingerprint density at radius 2 is 1.70 bits per heavy atom. The van der Waals surface area contributed by atoms with Gasteiger partial charge in [0.2, 0.25) is 0 Å². The van der Waals surface area contributed by atoms with Crippen LogP contribution in [0.4, 0.5) is 4.79 Å². The highest BCUT2D eigenvalue weighted by Crippen LogP contribution is 2.53. The smallest absolute Gasteiger partial charge is 0.475 e. The lowest BCUT2D eigenvalue weighted by Crippen LogP contribution is -2.31. The van der Waals surface area contributed by atoms with E-state index in [1.807, 2.05) is 55.5 Å². The van der Waals surface area contributed by atoms with Crippen molar-refractivity contribution in [1.29, 1.82) is 0 Å². The van der Waals surface area contributed by atoms with Crippen molar-refractivity contribution in [2.45, 2.75) is 44.8 Å². The van der Waals surface area contributed by atoms with E-state index in [2.05, 4.69) is 5.32 Å². The van der Waals surface area contributed by atoms with Gasteiger partial charge in [-0.1, -0.05) is 53.7 Å². The molecule has 3 unspecified atom stereocenters. The van der Waals surface area contributed by atoms with E-state index in [0.29, 0.717) is 12.2 Å². The Kier molecular flexibility index (Phi) is 9.37. The molecule has 1 amide bonds. The van der Waals surface area contributed by atoms with Gasteiger partial charge in [0, 0.05) is 0 Å². The average Bonchev–Trinajstić information content (AvgIpc) is 3.09. The van der Waals surface area contributed by atoms with Crippen molar-refractivity contribution in [3.05, 3.63) is 65.2 Å². The summed E-state index contributed by atoms with van der Waals surface area (Å²) in [5.74, 6) is 0.607. The summed E-state index contributed by atoms with van der Waals surface area (Å²) in [6, 6.07) is 15.1. The monoisotopic (exact) mass is 495 g/mol. The molecule has 0 aromatic heterocycles. The van der Waals surface area contributed by atoms with Crippen molar-refractivity contribution in [3.8, 4) is 5.75 Å². The third kappa shape index (κ3) is 7.57. The zero-order valence-corrected chi connectivity index (χ0v) is 20.6. The molecule has 1 heterocycles. The number of carbonyl (C=O) groups excluding carboxylic acids is 1. The van der Waals surface area contributed by atoms with Gasteiger partial charge in [-0.3, -0.25) is 18.4 Å². The van der Waals surface area contributed by atoms with E-state index in [1.165, 1.54) is 0 Å². The first-order valence-corrected chi connectivity index (χ1v) is 13.2. The highest BCUT2D eigenvalue weighted by atomic mass is 32.2. The zero-order valence-electron chi connectivity index (χ0n) is 18.9. The second kappa shape index (κ2) is 12.0. The van der Waals surface area contributed by atoms with Crippen LogP contribution in [-0.2, 0) is 24.6 Å². The van der Waals surface area contributed by atoms with Crippen molar-refractivity contribution >= 4 is 24.8 Å². The Labute approximate surface area is 198 Å². The van der Waals surface area contributed by atoms with Crippen molar-refractivity contribution in [1.82, 2.24) is 5.32 Å². The lowest BCUT2D eigenvalue weighted by molar-refractivity contribution is 0.0577. The average molecular weight is 496 g/mol. The maximum Gasteiger partial charge on any atom is 0.475 e. The van der Waals surface area contributed by atoms with Crippen molar-refractivity contribution in [3.63, 3.8) is 0 Å². The van der Waals surface area contributed by atoms with Crippen LogP contribution in [0.5, 0.6) is 5.75 Å². The van der Waals surface area contributed by atoms with Gasteiger partial charge in [-0.25, -0.2) is 4.57 Å². The van der Waals surface area contributed by atoms with Gasteiger partial charge < -0.3 is 15.2 Å². The molecule has 1 fully saturated rings. The van der Waals surface area contributed by atoms with E-state index < -0.39 is 20.2 Å². The van der Waals surface area contributed by atoms with Crippen LogP contribution in [0, 0.1) is 6.92 Å². The fraction of sp³-hybridized carbons (Fsp3) is 0.435. The van der Waals surface area contributed by atoms with Crippen LogP contribution in [0.1, 0.15) is 36.6 Å². The number of aliphatic hydroxyl groups excluding tert-OH is 1. The van der Waals surface area contributed by atoms with Crippen LogP contribution in [0.2, 0.25) is 0 Å². The van der Waals surface area contributed by atoms with E-state index in [9.17, 15) is 14.5 Å². The molecule has 0 spiro atoms. The first-order valence-electron chi connectivity index (χ1n) is 10.8. The van der Waals surface area contributed by atoms with Gasteiger partial charge in [0.15, 0.2) is 0 Å². The summed E-state index contributed by atoms with van der Waals surface area (Å²) in [5, 5.41) is 11.9. The van der Waals surface area contributed by atoms with Gasteiger partial charge in [0.1, 0.15) is 24.7 Å². The molecule has 8 nitrogen and oxygen atoms in total. The summed E-state index contributed by atoms with van der Waals surface area (Å²) < 4.78 is 35.3. The first-order chi connectivity index (χ1) is 15.8. The van der Waals surface area contributed by atoms with Gasteiger partial charge in [-0.05, 0) is 50.5 Å². The van der Waals surface area contributed by atoms with Crippen molar-refractivity contribution in [2.75, 3.05) is 19.8 Å². The number of aliphatic hydroxyl groups is 1. The molecule has 2 aromatic rings. The minimum atomic E-state index is -3.75. The fourth-order valence-electron chi connectivity index (χ4n) is 3.27. The number of phosphoric ester groups is 1. The zero-order chi connectivity index (χ0) is 23.8.